The normalized spacial score (nSPS) is 11.6. The van der Waals surface area contributed by atoms with Crippen molar-refractivity contribution in [1.29, 1.82) is 0 Å². The van der Waals surface area contributed by atoms with Gasteiger partial charge in [-0.1, -0.05) is 12.1 Å². The van der Waals surface area contributed by atoms with Gasteiger partial charge in [0.05, 0.1) is 5.52 Å². The SMILES string of the molecule is O=C(Nc1ccc(OC(F)(F)F)cc1)Nc1nn(C(=O)Nc2ccc(OC(F)(F)F)cc2)c2ccccc12. The third-order valence-corrected chi connectivity index (χ3v) is 4.70. The summed E-state index contributed by atoms with van der Waals surface area (Å²) in [7, 11) is 0. The number of para-hydroxylation sites is 1. The third kappa shape index (κ3) is 6.83. The van der Waals surface area contributed by atoms with Crippen molar-refractivity contribution in [1.82, 2.24) is 9.78 Å². The molecule has 9 nitrogen and oxygen atoms in total. The molecular formula is C23H15F6N5O4. The molecular weight excluding hydrogens is 524 g/mol. The summed E-state index contributed by atoms with van der Waals surface area (Å²) in [6, 6.07) is 13.6. The third-order valence-electron chi connectivity index (χ3n) is 4.70. The van der Waals surface area contributed by atoms with E-state index in [2.05, 4.69) is 30.5 Å². The number of ether oxygens (including phenoxy) is 2. The first kappa shape index (κ1) is 26.1. The molecule has 4 rings (SSSR count). The zero-order valence-corrected chi connectivity index (χ0v) is 18.7. The van der Waals surface area contributed by atoms with Crippen molar-refractivity contribution in [3.8, 4) is 11.5 Å². The standard InChI is InChI=1S/C23H15F6N5O4/c24-22(25,26)37-15-9-5-13(6-10-15)30-20(35)32-19-17-3-1-2-4-18(17)34(33-19)21(36)31-14-7-11-16(12-8-14)38-23(27,28)29/h1-12H,(H,31,36)(H2,30,32,33,35). The van der Waals surface area contributed by atoms with Crippen molar-refractivity contribution < 1.29 is 45.4 Å². The van der Waals surface area contributed by atoms with E-state index in [1.54, 1.807) is 24.3 Å². The minimum atomic E-state index is -4.86. The number of carbonyl (C=O) groups is 2. The van der Waals surface area contributed by atoms with Gasteiger partial charge >= 0.3 is 24.8 Å². The number of amides is 3. The zero-order valence-electron chi connectivity index (χ0n) is 18.7. The van der Waals surface area contributed by atoms with Gasteiger partial charge in [-0.2, -0.15) is 4.68 Å². The number of alkyl halides is 6. The Morgan fingerprint density at radius 2 is 1.18 bits per heavy atom. The number of fused-ring (bicyclic) bond motifs is 1. The number of aromatic nitrogens is 2. The van der Waals surface area contributed by atoms with Crippen molar-refractivity contribution >= 4 is 40.2 Å². The van der Waals surface area contributed by atoms with Crippen LogP contribution in [-0.4, -0.2) is 34.6 Å². The minimum absolute atomic E-state index is 0.0146. The number of halogens is 6. The van der Waals surface area contributed by atoms with Crippen LogP contribution in [0.3, 0.4) is 0 Å². The zero-order chi connectivity index (χ0) is 27.5. The monoisotopic (exact) mass is 539 g/mol. The smallest absolute Gasteiger partial charge is 0.406 e. The predicted molar refractivity (Wildman–Crippen MR) is 123 cm³/mol. The molecule has 0 bridgehead atoms. The second-order valence-corrected chi connectivity index (χ2v) is 7.43. The lowest BCUT2D eigenvalue weighted by molar-refractivity contribution is -0.275. The molecule has 3 aromatic carbocycles. The minimum Gasteiger partial charge on any atom is -0.406 e. The van der Waals surface area contributed by atoms with Crippen LogP contribution >= 0.6 is 0 Å². The molecule has 15 heteroatoms. The molecule has 0 unspecified atom stereocenters. The lowest BCUT2D eigenvalue weighted by atomic mass is 10.2. The molecule has 0 atom stereocenters. The molecule has 0 spiro atoms. The van der Waals surface area contributed by atoms with Crippen LogP contribution in [0.25, 0.3) is 10.9 Å². The lowest BCUT2D eigenvalue weighted by Crippen LogP contribution is -2.22. The van der Waals surface area contributed by atoms with E-state index in [1.165, 1.54) is 24.3 Å². The predicted octanol–water partition coefficient (Wildman–Crippen LogP) is 6.56. The van der Waals surface area contributed by atoms with Gasteiger partial charge in [-0.25, -0.2) is 9.59 Å². The highest BCUT2D eigenvalue weighted by Crippen LogP contribution is 2.27. The number of urea groups is 1. The Morgan fingerprint density at radius 3 is 1.71 bits per heavy atom. The van der Waals surface area contributed by atoms with Crippen molar-refractivity contribution in [2.24, 2.45) is 0 Å². The fraction of sp³-hybridized carbons (Fsp3) is 0.0870. The van der Waals surface area contributed by atoms with E-state index in [0.717, 1.165) is 28.9 Å². The molecule has 0 aliphatic carbocycles. The van der Waals surface area contributed by atoms with Crippen LogP contribution in [0.15, 0.2) is 72.8 Å². The van der Waals surface area contributed by atoms with Crippen molar-refractivity contribution in [2.45, 2.75) is 12.7 Å². The van der Waals surface area contributed by atoms with E-state index in [0.29, 0.717) is 10.9 Å². The van der Waals surface area contributed by atoms with Gasteiger partial charge in [-0.15, -0.1) is 31.4 Å². The second kappa shape index (κ2) is 10.2. The fourth-order valence-electron chi connectivity index (χ4n) is 3.24. The molecule has 4 aromatic rings. The lowest BCUT2D eigenvalue weighted by Gasteiger charge is -2.10. The highest BCUT2D eigenvalue weighted by molar-refractivity contribution is 6.07. The van der Waals surface area contributed by atoms with E-state index in [1.807, 2.05) is 0 Å². The topological polar surface area (TPSA) is 107 Å². The first-order valence-electron chi connectivity index (χ1n) is 10.4. The van der Waals surface area contributed by atoms with Crippen LogP contribution in [-0.2, 0) is 0 Å². The second-order valence-electron chi connectivity index (χ2n) is 7.43. The van der Waals surface area contributed by atoms with Gasteiger partial charge in [0.25, 0.3) is 0 Å². The maximum absolute atomic E-state index is 12.8. The number of hydrogen-bond acceptors (Lipinski definition) is 5. The largest absolute Gasteiger partial charge is 0.573 e. The van der Waals surface area contributed by atoms with Gasteiger partial charge in [0, 0.05) is 16.8 Å². The Labute approximate surface area is 208 Å². The average Bonchev–Trinajstić information content (AvgIpc) is 3.18. The first-order chi connectivity index (χ1) is 17.9. The molecule has 0 saturated heterocycles. The van der Waals surface area contributed by atoms with Gasteiger partial charge in [-0.05, 0) is 60.7 Å². The molecule has 1 heterocycles. The molecule has 1 aromatic heterocycles. The molecule has 0 aliphatic heterocycles. The van der Waals surface area contributed by atoms with Crippen molar-refractivity contribution in [3.05, 3.63) is 72.8 Å². The van der Waals surface area contributed by atoms with Crippen LogP contribution in [0, 0.1) is 0 Å². The number of anilines is 3. The summed E-state index contributed by atoms with van der Waals surface area (Å²) in [5.41, 5.74) is 0.594. The molecule has 198 valence electrons. The number of benzene rings is 3. The number of nitrogens with one attached hydrogen (secondary N) is 3. The highest BCUT2D eigenvalue weighted by Gasteiger charge is 2.31. The maximum atomic E-state index is 12.8. The number of rotatable bonds is 5. The Bertz CT molecular complexity index is 1450. The number of hydrogen-bond donors (Lipinski definition) is 3. The van der Waals surface area contributed by atoms with Crippen molar-refractivity contribution in [3.63, 3.8) is 0 Å². The van der Waals surface area contributed by atoms with Gasteiger partial charge in [-0.3, -0.25) is 5.32 Å². The molecule has 0 saturated carbocycles. The van der Waals surface area contributed by atoms with Crippen LogP contribution in [0.4, 0.5) is 53.1 Å². The van der Waals surface area contributed by atoms with E-state index in [-0.39, 0.29) is 17.2 Å². The van der Waals surface area contributed by atoms with E-state index < -0.39 is 36.3 Å². The molecule has 0 fully saturated rings. The Morgan fingerprint density at radius 1 is 0.684 bits per heavy atom. The maximum Gasteiger partial charge on any atom is 0.573 e. The summed E-state index contributed by atoms with van der Waals surface area (Å²) in [5, 5.41) is 11.8. The molecule has 38 heavy (non-hydrogen) atoms. The van der Waals surface area contributed by atoms with E-state index in [4.69, 9.17) is 0 Å². The van der Waals surface area contributed by atoms with Gasteiger partial charge < -0.3 is 20.1 Å². The van der Waals surface area contributed by atoms with Gasteiger partial charge in [0.2, 0.25) is 0 Å². The summed E-state index contributed by atoms with van der Waals surface area (Å²) >= 11 is 0. The summed E-state index contributed by atoms with van der Waals surface area (Å²) < 4.78 is 82.3. The Kier molecular flexibility index (Phi) is 7.01. The van der Waals surface area contributed by atoms with Crippen LogP contribution < -0.4 is 25.4 Å². The Balaban J connectivity index is 1.46. The van der Waals surface area contributed by atoms with Gasteiger partial charge in [0.1, 0.15) is 11.5 Å². The number of nitrogens with zero attached hydrogens (tertiary/aromatic N) is 2. The van der Waals surface area contributed by atoms with Crippen LogP contribution in [0.5, 0.6) is 11.5 Å². The fourth-order valence-corrected chi connectivity index (χ4v) is 3.24. The summed E-state index contributed by atoms with van der Waals surface area (Å²) in [6.45, 7) is 0. The Hall–Kier alpha value is -4.95. The summed E-state index contributed by atoms with van der Waals surface area (Å²) in [5.74, 6) is -0.957. The van der Waals surface area contributed by atoms with Gasteiger partial charge in [0.15, 0.2) is 5.82 Å². The van der Waals surface area contributed by atoms with E-state index in [9.17, 15) is 35.9 Å². The molecule has 0 radical (unpaired) electrons. The van der Waals surface area contributed by atoms with Crippen molar-refractivity contribution in [2.75, 3.05) is 16.0 Å². The summed E-state index contributed by atoms with van der Waals surface area (Å²) in [4.78, 5) is 25.3. The average molecular weight is 539 g/mol. The summed E-state index contributed by atoms with van der Waals surface area (Å²) in [6.07, 6.45) is -9.72. The van der Waals surface area contributed by atoms with E-state index >= 15 is 0 Å². The van der Waals surface area contributed by atoms with Crippen LogP contribution in [0.2, 0.25) is 0 Å². The molecule has 0 aliphatic rings. The number of carbonyl (C=O) groups excluding carboxylic acids is 2. The highest BCUT2D eigenvalue weighted by atomic mass is 19.4. The molecule has 3 N–H and O–H groups in total. The molecule has 3 amide bonds. The van der Waals surface area contributed by atoms with Crippen LogP contribution in [0.1, 0.15) is 0 Å². The quantitative estimate of drug-likeness (QED) is 0.249. The first-order valence-corrected chi connectivity index (χ1v) is 10.4.